The predicted molar refractivity (Wildman–Crippen MR) is 99.6 cm³/mol. The number of esters is 1. The van der Waals surface area contributed by atoms with Gasteiger partial charge in [0, 0.05) is 5.56 Å². The third-order valence-corrected chi connectivity index (χ3v) is 5.75. The van der Waals surface area contributed by atoms with Crippen LogP contribution < -0.4 is 4.74 Å². The molecule has 146 valence electrons. The molecule has 0 radical (unpaired) electrons. The van der Waals surface area contributed by atoms with Gasteiger partial charge in [0.15, 0.2) is 16.4 Å². The first-order chi connectivity index (χ1) is 13.4. The standard InChI is InChI=1S/C19H18N2O6S/c1-3-28(23,24)16-7-5-4-6-15(16)19(22)26-12-17-20-18(27-21-17)13-8-10-14(25-2)11-9-13/h4-11H,3,12H2,1-2H3. The van der Waals surface area contributed by atoms with Crippen LogP contribution in [0.1, 0.15) is 23.1 Å². The molecule has 0 aliphatic rings. The fourth-order valence-electron chi connectivity index (χ4n) is 2.43. The van der Waals surface area contributed by atoms with Crippen LogP contribution in [0, 0.1) is 0 Å². The lowest BCUT2D eigenvalue weighted by Gasteiger charge is -2.08. The van der Waals surface area contributed by atoms with Crippen molar-refractivity contribution in [2.45, 2.75) is 18.4 Å². The van der Waals surface area contributed by atoms with Gasteiger partial charge in [-0.2, -0.15) is 4.98 Å². The summed E-state index contributed by atoms with van der Waals surface area (Å²) < 4.78 is 39.7. The molecular formula is C19H18N2O6S. The number of hydrogen-bond acceptors (Lipinski definition) is 8. The summed E-state index contributed by atoms with van der Waals surface area (Å²) in [7, 11) is -1.99. The Balaban J connectivity index is 1.72. The molecule has 0 N–H and O–H groups in total. The van der Waals surface area contributed by atoms with Crippen LogP contribution in [0.15, 0.2) is 57.9 Å². The highest BCUT2D eigenvalue weighted by molar-refractivity contribution is 7.91. The zero-order valence-corrected chi connectivity index (χ0v) is 16.1. The van der Waals surface area contributed by atoms with E-state index in [1.807, 2.05) is 0 Å². The van der Waals surface area contributed by atoms with E-state index in [1.54, 1.807) is 43.5 Å². The third kappa shape index (κ3) is 4.20. The summed E-state index contributed by atoms with van der Waals surface area (Å²) in [5.74, 6) is 0.229. The van der Waals surface area contributed by atoms with Gasteiger partial charge in [-0.1, -0.05) is 24.2 Å². The fourth-order valence-corrected chi connectivity index (χ4v) is 3.52. The Bertz CT molecular complexity index is 1070. The minimum absolute atomic E-state index is 0.0248. The predicted octanol–water partition coefficient (Wildman–Crippen LogP) is 2.90. The number of nitrogens with zero attached hydrogens (tertiary/aromatic N) is 2. The van der Waals surface area contributed by atoms with Gasteiger partial charge in [0.2, 0.25) is 5.82 Å². The molecule has 3 aromatic rings. The molecule has 1 heterocycles. The maximum atomic E-state index is 12.4. The number of aromatic nitrogens is 2. The highest BCUT2D eigenvalue weighted by Gasteiger charge is 2.22. The van der Waals surface area contributed by atoms with E-state index in [4.69, 9.17) is 14.0 Å². The lowest BCUT2D eigenvalue weighted by molar-refractivity contribution is 0.0455. The Morgan fingerprint density at radius 2 is 1.82 bits per heavy atom. The van der Waals surface area contributed by atoms with Crippen molar-refractivity contribution in [3.63, 3.8) is 0 Å². The van der Waals surface area contributed by atoms with Crippen LogP contribution in [0.4, 0.5) is 0 Å². The summed E-state index contributed by atoms with van der Waals surface area (Å²) in [6.07, 6.45) is 0. The second kappa shape index (κ2) is 8.22. The summed E-state index contributed by atoms with van der Waals surface area (Å²) in [6, 6.07) is 12.9. The Morgan fingerprint density at radius 1 is 1.11 bits per heavy atom. The first-order valence-corrected chi connectivity index (χ1v) is 10.1. The Morgan fingerprint density at radius 3 is 2.50 bits per heavy atom. The Labute approximate surface area is 162 Å². The Kier molecular flexibility index (Phi) is 5.74. The van der Waals surface area contributed by atoms with E-state index in [0.29, 0.717) is 11.3 Å². The van der Waals surface area contributed by atoms with Gasteiger partial charge in [0.25, 0.3) is 5.89 Å². The molecule has 0 unspecified atom stereocenters. The number of rotatable bonds is 7. The number of carbonyl (C=O) groups is 1. The molecule has 2 aromatic carbocycles. The maximum absolute atomic E-state index is 12.4. The number of carbonyl (C=O) groups excluding carboxylic acids is 1. The van der Waals surface area contributed by atoms with Crippen LogP contribution in [0.25, 0.3) is 11.5 Å². The second-order valence-corrected chi connectivity index (χ2v) is 7.97. The average Bonchev–Trinajstić information content (AvgIpc) is 3.21. The minimum Gasteiger partial charge on any atom is -0.497 e. The van der Waals surface area contributed by atoms with Gasteiger partial charge >= 0.3 is 5.97 Å². The van der Waals surface area contributed by atoms with E-state index < -0.39 is 15.8 Å². The monoisotopic (exact) mass is 402 g/mol. The van der Waals surface area contributed by atoms with E-state index in [9.17, 15) is 13.2 Å². The normalized spacial score (nSPS) is 11.2. The van der Waals surface area contributed by atoms with Crippen LogP contribution in [0.5, 0.6) is 5.75 Å². The molecule has 0 amide bonds. The molecule has 0 fully saturated rings. The third-order valence-electron chi connectivity index (χ3n) is 3.96. The quantitative estimate of drug-likeness (QED) is 0.555. The van der Waals surface area contributed by atoms with Crippen molar-refractivity contribution in [1.29, 1.82) is 0 Å². The molecule has 0 saturated carbocycles. The van der Waals surface area contributed by atoms with E-state index in [1.165, 1.54) is 19.1 Å². The number of ether oxygens (including phenoxy) is 2. The van der Waals surface area contributed by atoms with Gasteiger partial charge in [0.1, 0.15) is 5.75 Å². The van der Waals surface area contributed by atoms with Crippen molar-refractivity contribution < 1.29 is 27.2 Å². The molecule has 8 nitrogen and oxygen atoms in total. The molecule has 0 atom stereocenters. The molecule has 0 aliphatic carbocycles. The molecular weight excluding hydrogens is 384 g/mol. The highest BCUT2D eigenvalue weighted by Crippen LogP contribution is 2.21. The van der Waals surface area contributed by atoms with Gasteiger partial charge in [-0.15, -0.1) is 0 Å². The van der Waals surface area contributed by atoms with Crippen molar-refractivity contribution in [3.05, 3.63) is 59.9 Å². The van der Waals surface area contributed by atoms with E-state index in [2.05, 4.69) is 10.1 Å². The van der Waals surface area contributed by atoms with Crippen molar-refractivity contribution >= 4 is 15.8 Å². The van der Waals surface area contributed by atoms with Crippen molar-refractivity contribution in [1.82, 2.24) is 10.1 Å². The second-order valence-electron chi connectivity index (χ2n) is 5.72. The maximum Gasteiger partial charge on any atom is 0.339 e. The highest BCUT2D eigenvalue weighted by atomic mass is 32.2. The van der Waals surface area contributed by atoms with Crippen LogP contribution in [-0.2, 0) is 21.2 Å². The van der Waals surface area contributed by atoms with Crippen molar-refractivity contribution in [3.8, 4) is 17.2 Å². The van der Waals surface area contributed by atoms with Crippen LogP contribution in [0.2, 0.25) is 0 Å². The van der Waals surface area contributed by atoms with Crippen LogP contribution in [0.3, 0.4) is 0 Å². The largest absolute Gasteiger partial charge is 0.497 e. The average molecular weight is 402 g/mol. The summed E-state index contributed by atoms with van der Waals surface area (Å²) in [4.78, 5) is 16.5. The molecule has 1 aromatic heterocycles. The fraction of sp³-hybridized carbons (Fsp3) is 0.211. The number of methoxy groups -OCH3 is 1. The van der Waals surface area contributed by atoms with Gasteiger partial charge in [0.05, 0.1) is 23.3 Å². The van der Waals surface area contributed by atoms with E-state index in [0.717, 1.165) is 0 Å². The number of hydrogen-bond donors (Lipinski definition) is 0. The minimum atomic E-state index is -3.56. The first kappa shape index (κ1) is 19.6. The van der Waals surface area contributed by atoms with Crippen LogP contribution >= 0.6 is 0 Å². The molecule has 9 heteroatoms. The SMILES string of the molecule is CCS(=O)(=O)c1ccccc1C(=O)OCc1noc(-c2ccc(OC)cc2)n1. The first-order valence-electron chi connectivity index (χ1n) is 8.40. The lowest BCUT2D eigenvalue weighted by atomic mass is 10.2. The molecule has 0 spiro atoms. The zero-order valence-electron chi connectivity index (χ0n) is 15.3. The van der Waals surface area contributed by atoms with Crippen LogP contribution in [-0.4, -0.2) is 37.4 Å². The smallest absolute Gasteiger partial charge is 0.339 e. The lowest BCUT2D eigenvalue weighted by Crippen LogP contribution is -2.13. The molecule has 0 bridgehead atoms. The van der Waals surface area contributed by atoms with E-state index in [-0.39, 0.29) is 34.5 Å². The van der Waals surface area contributed by atoms with Crippen molar-refractivity contribution in [2.75, 3.05) is 12.9 Å². The molecule has 28 heavy (non-hydrogen) atoms. The summed E-state index contributed by atoms with van der Waals surface area (Å²) in [5.41, 5.74) is 0.661. The number of sulfone groups is 1. The summed E-state index contributed by atoms with van der Waals surface area (Å²) in [6.45, 7) is 1.26. The topological polar surface area (TPSA) is 109 Å². The van der Waals surface area contributed by atoms with E-state index >= 15 is 0 Å². The molecule has 0 saturated heterocycles. The van der Waals surface area contributed by atoms with Gasteiger partial charge in [-0.25, -0.2) is 13.2 Å². The van der Waals surface area contributed by atoms with Gasteiger partial charge < -0.3 is 14.0 Å². The Hall–Kier alpha value is -3.20. The molecule has 0 aliphatic heterocycles. The number of benzene rings is 2. The van der Waals surface area contributed by atoms with Gasteiger partial charge in [-0.3, -0.25) is 0 Å². The van der Waals surface area contributed by atoms with Crippen molar-refractivity contribution in [2.24, 2.45) is 0 Å². The summed E-state index contributed by atoms with van der Waals surface area (Å²) in [5, 5.41) is 3.78. The van der Waals surface area contributed by atoms with Gasteiger partial charge in [-0.05, 0) is 36.4 Å². The molecule has 3 rings (SSSR count). The zero-order chi connectivity index (χ0) is 20.1. The summed E-state index contributed by atoms with van der Waals surface area (Å²) >= 11 is 0.